The van der Waals surface area contributed by atoms with E-state index in [0.717, 1.165) is 25.9 Å². The van der Waals surface area contributed by atoms with Crippen LogP contribution in [0, 0.1) is 5.92 Å². The summed E-state index contributed by atoms with van der Waals surface area (Å²) < 4.78 is 10.2. The first-order valence-electron chi connectivity index (χ1n) is 6.67. The van der Waals surface area contributed by atoms with E-state index in [1.54, 1.807) is 6.92 Å². The molecule has 0 bridgehead atoms. The van der Waals surface area contributed by atoms with Crippen molar-refractivity contribution in [2.75, 3.05) is 24.6 Å². The average Bonchev–Trinajstić information content (AvgIpc) is 2.89. The Kier molecular flexibility index (Phi) is 4.42. The van der Waals surface area contributed by atoms with Crippen molar-refractivity contribution >= 4 is 12.0 Å². The fraction of sp³-hybridized carbons (Fsp3) is 0.692. The van der Waals surface area contributed by atoms with Crippen molar-refractivity contribution in [3.05, 3.63) is 12.0 Å². The van der Waals surface area contributed by atoms with Gasteiger partial charge in [-0.15, -0.1) is 0 Å². The molecule has 0 spiro atoms. The number of aromatic nitrogens is 1. The zero-order valence-electron chi connectivity index (χ0n) is 11.3. The van der Waals surface area contributed by atoms with E-state index in [-0.39, 0.29) is 11.8 Å². The number of piperidine rings is 1. The Hall–Kier alpha value is -1.56. The zero-order valence-corrected chi connectivity index (χ0v) is 11.3. The minimum absolute atomic E-state index is 0.203. The molecule has 1 aliphatic rings. The van der Waals surface area contributed by atoms with Crippen LogP contribution < -0.4 is 4.90 Å². The number of aliphatic hydroxyl groups excluding tert-OH is 1. The Morgan fingerprint density at radius 1 is 1.63 bits per heavy atom. The van der Waals surface area contributed by atoms with Crippen molar-refractivity contribution in [3.8, 4) is 0 Å². The summed E-state index contributed by atoms with van der Waals surface area (Å²) in [5.41, 5.74) is 0.203. The largest absolute Gasteiger partial charge is 0.461 e. The van der Waals surface area contributed by atoms with E-state index in [2.05, 4.69) is 4.98 Å². The lowest BCUT2D eigenvalue weighted by atomic mass is 9.92. The van der Waals surface area contributed by atoms with E-state index >= 15 is 0 Å². The predicted octanol–water partition coefficient (Wildman–Crippen LogP) is 1.45. The highest BCUT2D eigenvalue weighted by Crippen LogP contribution is 2.24. The number of carbonyl (C=O) groups is 1. The van der Waals surface area contributed by atoms with Gasteiger partial charge in [-0.1, -0.05) is 0 Å². The number of rotatable bonds is 4. The molecule has 1 N–H and O–H groups in total. The third-order valence-electron chi connectivity index (χ3n) is 3.47. The molecule has 0 radical (unpaired) electrons. The molecule has 2 rings (SSSR count). The molecule has 1 unspecified atom stereocenters. The molecule has 19 heavy (non-hydrogen) atoms. The van der Waals surface area contributed by atoms with E-state index in [4.69, 9.17) is 9.15 Å². The summed E-state index contributed by atoms with van der Waals surface area (Å²) in [5, 5.41) is 9.55. The maximum Gasteiger partial charge on any atom is 0.360 e. The van der Waals surface area contributed by atoms with Crippen LogP contribution in [0.4, 0.5) is 6.01 Å². The lowest BCUT2D eigenvalue weighted by molar-refractivity contribution is 0.0519. The third kappa shape index (κ3) is 3.26. The molecule has 0 saturated carbocycles. The van der Waals surface area contributed by atoms with Gasteiger partial charge in [0.1, 0.15) is 6.26 Å². The molecule has 1 saturated heterocycles. The molecule has 106 valence electrons. The van der Waals surface area contributed by atoms with Gasteiger partial charge in [-0.05, 0) is 32.6 Å². The van der Waals surface area contributed by atoms with Crippen LogP contribution in [0.3, 0.4) is 0 Å². The minimum atomic E-state index is -0.462. The molecular weight excluding hydrogens is 248 g/mol. The summed E-state index contributed by atoms with van der Waals surface area (Å²) in [7, 11) is 0. The SMILES string of the molecule is CCOC(=O)c1coc(N2CCC(C(C)O)CC2)n1. The van der Waals surface area contributed by atoms with Crippen LogP contribution in [-0.4, -0.2) is 41.9 Å². The second kappa shape index (κ2) is 6.06. The van der Waals surface area contributed by atoms with Crippen LogP contribution in [-0.2, 0) is 4.74 Å². The normalized spacial score (nSPS) is 18.4. The molecule has 1 aliphatic heterocycles. The molecule has 1 atom stereocenters. The number of hydrogen-bond donors (Lipinski definition) is 1. The van der Waals surface area contributed by atoms with Crippen molar-refractivity contribution in [2.24, 2.45) is 5.92 Å². The van der Waals surface area contributed by atoms with Gasteiger partial charge >= 0.3 is 5.97 Å². The number of hydrogen-bond acceptors (Lipinski definition) is 6. The van der Waals surface area contributed by atoms with E-state index in [9.17, 15) is 9.90 Å². The van der Waals surface area contributed by atoms with Crippen molar-refractivity contribution in [2.45, 2.75) is 32.8 Å². The smallest absolute Gasteiger partial charge is 0.360 e. The van der Waals surface area contributed by atoms with Gasteiger partial charge in [0.15, 0.2) is 5.69 Å². The highest BCUT2D eigenvalue weighted by Gasteiger charge is 2.25. The van der Waals surface area contributed by atoms with Crippen LogP contribution in [0.1, 0.15) is 37.2 Å². The first kappa shape index (κ1) is 13.9. The molecular formula is C13H20N2O4. The number of anilines is 1. The van der Waals surface area contributed by atoms with Crippen molar-refractivity contribution in [1.29, 1.82) is 0 Å². The summed E-state index contributed by atoms with van der Waals surface area (Å²) >= 11 is 0. The number of aliphatic hydroxyl groups is 1. The van der Waals surface area contributed by atoms with Crippen LogP contribution in [0.2, 0.25) is 0 Å². The maximum absolute atomic E-state index is 11.5. The van der Waals surface area contributed by atoms with Gasteiger partial charge in [-0.2, -0.15) is 4.98 Å². The lowest BCUT2D eigenvalue weighted by Crippen LogP contribution is -2.37. The van der Waals surface area contributed by atoms with Crippen molar-refractivity contribution in [1.82, 2.24) is 4.98 Å². The summed E-state index contributed by atoms with van der Waals surface area (Å²) in [6.07, 6.45) is 2.85. The van der Waals surface area contributed by atoms with Crippen LogP contribution >= 0.6 is 0 Å². The van der Waals surface area contributed by atoms with Gasteiger partial charge < -0.3 is 19.2 Å². The van der Waals surface area contributed by atoms with Crippen LogP contribution in [0.15, 0.2) is 10.7 Å². The van der Waals surface area contributed by atoms with Gasteiger partial charge in [0.25, 0.3) is 6.01 Å². The summed E-state index contributed by atoms with van der Waals surface area (Å²) in [6.45, 7) is 5.45. The number of esters is 1. The van der Waals surface area contributed by atoms with Crippen LogP contribution in [0.5, 0.6) is 0 Å². The van der Waals surface area contributed by atoms with Crippen molar-refractivity contribution in [3.63, 3.8) is 0 Å². The minimum Gasteiger partial charge on any atom is -0.461 e. The van der Waals surface area contributed by atoms with Gasteiger partial charge in [0, 0.05) is 13.1 Å². The highest BCUT2D eigenvalue weighted by molar-refractivity contribution is 5.87. The molecule has 2 heterocycles. The topological polar surface area (TPSA) is 75.8 Å². The molecule has 0 aromatic carbocycles. The first-order valence-corrected chi connectivity index (χ1v) is 6.67. The molecule has 1 fully saturated rings. The predicted molar refractivity (Wildman–Crippen MR) is 69.1 cm³/mol. The molecule has 0 amide bonds. The Morgan fingerprint density at radius 3 is 2.89 bits per heavy atom. The van der Waals surface area contributed by atoms with Gasteiger partial charge in [0.05, 0.1) is 12.7 Å². The van der Waals surface area contributed by atoms with Crippen LogP contribution in [0.25, 0.3) is 0 Å². The second-order valence-electron chi connectivity index (χ2n) is 4.80. The molecule has 6 heteroatoms. The fourth-order valence-corrected chi connectivity index (χ4v) is 2.28. The molecule has 0 aliphatic carbocycles. The summed E-state index contributed by atoms with van der Waals surface area (Å²) in [5.74, 6) is -0.132. The van der Waals surface area contributed by atoms with Gasteiger partial charge in [-0.3, -0.25) is 0 Å². The van der Waals surface area contributed by atoms with E-state index in [0.29, 0.717) is 18.5 Å². The summed E-state index contributed by atoms with van der Waals surface area (Å²) in [4.78, 5) is 17.6. The van der Waals surface area contributed by atoms with Crippen molar-refractivity contribution < 1.29 is 19.1 Å². The zero-order chi connectivity index (χ0) is 13.8. The summed E-state index contributed by atoms with van der Waals surface area (Å²) in [6, 6.07) is 0.451. The van der Waals surface area contributed by atoms with E-state index < -0.39 is 5.97 Å². The maximum atomic E-state index is 11.5. The molecule has 1 aromatic rings. The highest BCUT2D eigenvalue weighted by atomic mass is 16.5. The number of oxazole rings is 1. The fourth-order valence-electron chi connectivity index (χ4n) is 2.28. The lowest BCUT2D eigenvalue weighted by Gasteiger charge is -2.32. The first-order chi connectivity index (χ1) is 9.11. The Morgan fingerprint density at radius 2 is 2.32 bits per heavy atom. The Labute approximate surface area is 112 Å². The quantitative estimate of drug-likeness (QED) is 0.833. The van der Waals surface area contributed by atoms with Gasteiger partial charge in [0.2, 0.25) is 0 Å². The third-order valence-corrected chi connectivity index (χ3v) is 3.47. The van der Waals surface area contributed by atoms with Gasteiger partial charge in [-0.25, -0.2) is 4.79 Å². The number of ether oxygens (including phenoxy) is 1. The van der Waals surface area contributed by atoms with E-state index in [1.165, 1.54) is 6.26 Å². The standard InChI is InChI=1S/C13H20N2O4/c1-3-18-12(17)11-8-19-13(14-11)15-6-4-10(5-7-15)9(2)16/h8-10,16H,3-7H2,1-2H3. The molecule has 1 aromatic heterocycles. The Bertz CT molecular complexity index is 422. The Balaban J connectivity index is 1.95. The number of nitrogens with zero attached hydrogens (tertiary/aromatic N) is 2. The second-order valence-corrected chi connectivity index (χ2v) is 4.80. The number of carbonyl (C=O) groups excluding carboxylic acids is 1. The monoisotopic (exact) mass is 268 g/mol. The van der Waals surface area contributed by atoms with E-state index in [1.807, 2.05) is 11.8 Å². The molecule has 6 nitrogen and oxygen atoms in total. The average molecular weight is 268 g/mol.